The largest absolute Gasteiger partial charge is 0.352 e. The van der Waals surface area contributed by atoms with Crippen LogP contribution in [0.3, 0.4) is 0 Å². The van der Waals surface area contributed by atoms with Gasteiger partial charge in [0.1, 0.15) is 0 Å². The Kier molecular flexibility index (Phi) is 3.49. The average Bonchev–Trinajstić information content (AvgIpc) is 2.47. The van der Waals surface area contributed by atoms with Crippen molar-refractivity contribution in [3.05, 3.63) is 41.1 Å². The summed E-state index contributed by atoms with van der Waals surface area (Å²) in [5, 5.41) is 1.15. The van der Waals surface area contributed by atoms with Crippen LogP contribution in [-0.2, 0) is 22.3 Å². The molecule has 100 valence electrons. The number of para-hydroxylation sites is 1. The summed E-state index contributed by atoms with van der Waals surface area (Å²) in [4.78, 5) is 4.82. The monoisotopic (exact) mass is 257 g/mol. The van der Waals surface area contributed by atoms with Crippen molar-refractivity contribution in [3.63, 3.8) is 0 Å². The quantitative estimate of drug-likeness (QED) is 0.790. The van der Waals surface area contributed by atoms with E-state index in [4.69, 9.17) is 14.5 Å². The Hall–Kier alpha value is -1.45. The van der Waals surface area contributed by atoms with Crippen LogP contribution in [0.1, 0.15) is 36.0 Å². The number of pyridine rings is 1. The van der Waals surface area contributed by atoms with Crippen molar-refractivity contribution in [2.45, 2.75) is 32.0 Å². The summed E-state index contributed by atoms with van der Waals surface area (Å²) in [5.74, 6) is 0. The van der Waals surface area contributed by atoms with Crippen molar-refractivity contribution in [2.75, 3.05) is 14.2 Å². The van der Waals surface area contributed by atoms with Crippen molar-refractivity contribution in [3.8, 4) is 0 Å². The minimum atomic E-state index is -0.306. The number of aryl methyl sites for hydroxylation is 1. The Balaban J connectivity index is 2.30. The van der Waals surface area contributed by atoms with Crippen molar-refractivity contribution in [2.24, 2.45) is 0 Å². The molecule has 0 amide bonds. The van der Waals surface area contributed by atoms with E-state index in [1.165, 1.54) is 29.7 Å². The zero-order valence-corrected chi connectivity index (χ0v) is 11.5. The predicted octanol–water partition coefficient (Wildman–Crippen LogP) is 3.41. The smallest absolute Gasteiger partial charge is 0.184 e. The zero-order chi connectivity index (χ0) is 13.2. The lowest BCUT2D eigenvalue weighted by Crippen LogP contribution is -2.14. The minimum Gasteiger partial charge on any atom is -0.352 e. The molecule has 1 aromatic carbocycles. The fourth-order valence-electron chi connectivity index (χ4n) is 3.01. The third kappa shape index (κ3) is 2.13. The van der Waals surface area contributed by atoms with Gasteiger partial charge >= 0.3 is 0 Å². The Labute approximate surface area is 113 Å². The highest BCUT2D eigenvalue weighted by Crippen LogP contribution is 2.34. The second-order valence-electron chi connectivity index (χ2n) is 4.98. The zero-order valence-electron chi connectivity index (χ0n) is 11.5. The molecule has 3 rings (SSSR count). The molecule has 0 atom stereocenters. The number of methoxy groups -OCH3 is 2. The third-order valence-electron chi connectivity index (χ3n) is 3.88. The van der Waals surface area contributed by atoms with E-state index < -0.39 is 0 Å². The standard InChI is InChI=1S/C16H19NO2/c1-18-16(19-2)15-11-7-3-5-9-13(11)17-14-10-6-4-8-12(14)15/h3,5,7,9,16H,4,6,8,10H2,1-2H3. The van der Waals surface area contributed by atoms with Crippen molar-refractivity contribution >= 4 is 10.9 Å². The molecule has 19 heavy (non-hydrogen) atoms. The highest BCUT2D eigenvalue weighted by Gasteiger charge is 2.23. The molecule has 1 aliphatic carbocycles. The number of nitrogens with zero attached hydrogens (tertiary/aromatic N) is 1. The van der Waals surface area contributed by atoms with Crippen molar-refractivity contribution in [1.82, 2.24) is 4.98 Å². The first-order valence-electron chi connectivity index (χ1n) is 6.81. The maximum absolute atomic E-state index is 5.51. The van der Waals surface area contributed by atoms with Crippen molar-refractivity contribution in [1.29, 1.82) is 0 Å². The molecule has 0 bridgehead atoms. The van der Waals surface area contributed by atoms with Crippen LogP contribution in [0, 0.1) is 0 Å². The van der Waals surface area contributed by atoms with Gasteiger partial charge in [-0.1, -0.05) is 18.2 Å². The van der Waals surface area contributed by atoms with Crippen LogP contribution < -0.4 is 0 Å². The Morgan fingerprint density at radius 1 is 1.05 bits per heavy atom. The third-order valence-corrected chi connectivity index (χ3v) is 3.88. The number of rotatable bonds is 3. The van der Waals surface area contributed by atoms with Gasteiger partial charge in [0.25, 0.3) is 0 Å². The van der Waals surface area contributed by atoms with Crippen LogP contribution in [0.4, 0.5) is 0 Å². The molecular weight excluding hydrogens is 238 g/mol. The van der Waals surface area contributed by atoms with Crippen LogP contribution in [0.5, 0.6) is 0 Å². The van der Waals surface area contributed by atoms with Crippen LogP contribution in [0.15, 0.2) is 24.3 Å². The summed E-state index contributed by atoms with van der Waals surface area (Å²) in [5.41, 5.74) is 4.76. The Bertz CT molecular complexity index is 591. The molecule has 0 unspecified atom stereocenters. The van der Waals surface area contributed by atoms with Gasteiger partial charge in [0.15, 0.2) is 6.29 Å². The Morgan fingerprint density at radius 2 is 1.79 bits per heavy atom. The van der Waals surface area contributed by atoms with E-state index in [0.717, 1.165) is 23.7 Å². The summed E-state index contributed by atoms with van der Waals surface area (Å²) < 4.78 is 11.0. The van der Waals surface area contributed by atoms with Gasteiger partial charge < -0.3 is 9.47 Å². The molecule has 0 N–H and O–H groups in total. The number of hydrogen-bond acceptors (Lipinski definition) is 3. The van der Waals surface area contributed by atoms with E-state index in [-0.39, 0.29) is 6.29 Å². The highest BCUT2D eigenvalue weighted by molar-refractivity contribution is 5.84. The molecule has 0 saturated heterocycles. The first-order chi connectivity index (χ1) is 9.35. The van der Waals surface area contributed by atoms with Crippen LogP contribution in [-0.4, -0.2) is 19.2 Å². The van der Waals surface area contributed by atoms with Gasteiger partial charge in [-0.25, -0.2) is 0 Å². The Morgan fingerprint density at radius 3 is 2.58 bits per heavy atom. The maximum atomic E-state index is 5.51. The predicted molar refractivity (Wildman–Crippen MR) is 75.1 cm³/mol. The highest BCUT2D eigenvalue weighted by atomic mass is 16.7. The fraction of sp³-hybridized carbons (Fsp3) is 0.438. The molecular formula is C16H19NO2. The molecule has 0 fully saturated rings. The number of ether oxygens (including phenoxy) is 2. The molecule has 0 saturated carbocycles. The van der Waals surface area contributed by atoms with E-state index in [9.17, 15) is 0 Å². The lowest BCUT2D eigenvalue weighted by molar-refractivity contribution is -0.105. The molecule has 1 aromatic heterocycles. The summed E-state index contributed by atoms with van der Waals surface area (Å²) in [6, 6.07) is 8.25. The normalized spacial score (nSPS) is 14.9. The van der Waals surface area contributed by atoms with E-state index in [1.807, 2.05) is 12.1 Å². The molecule has 0 aliphatic heterocycles. The number of benzene rings is 1. The van der Waals surface area contributed by atoms with Gasteiger partial charge in [0, 0.05) is 30.9 Å². The second-order valence-corrected chi connectivity index (χ2v) is 4.98. The van der Waals surface area contributed by atoms with Gasteiger partial charge in [-0.15, -0.1) is 0 Å². The van der Waals surface area contributed by atoms with Gasteiger partial charge in [0.05, 0.1) is 5.52 Å². The molecule has 1 heterocycles. The minimum absolute atomic E-state index is 0.306. The lowest BCUT2D eigenvalue weighted by atomic mass is 9.89. The molecule has 0 radical (unpaired) electrons. The number of aromatic nitrogens is 1. The van der Waals surface area contributed by atoms with E-state index in [1.54, 1.807) is 14.2 Å². The van der Waals surface area contributed by atoms with Gasteiger partial charge in [-0.3, -0.25) is 4.98 Å². The summed E-state index contributed by atoms with van der Waals surface area (Å²) in [6.07, 6.45) is 4.28. The number of fused-ring (bicyclic) bond motifs is 2. The van der Waals surface area contributed by atoms with Crippen LogP contribution in [0.25, 0.3) is 10.9 Å². The average molecular weight is 257 g/mol. The maximum Gasteiger partial charge on any atom is 0.184 e. The molecule has 2 aromatic rings. The van der Waals surface area contributed by atoms with Crippen LogP contribution in [0.2, 0.25) is 0 Å². The van der Waals surface area contributed by atoms with Gasteiger partial charge in [-0.05, 0) is 37.3 Å². The molecule has 0 spiro atoms. The molecule has 1 aliphatic rings. The first kappa shape index (κ1) is 12.6. The SMILES string of the molecule is COC(OC)c1c2c(nc3ccccc13)CCCC2. The van der Waals surface area contributed by atoms with E-state index in [2.05, 4.69) is 12.1 Å². The van der Waals surface area contributed by atoms with E-state index in [0.29, 0.717) is 0 Å². The fourth-order valence-corrected chi connectivity index (χ4v) is 3.01. The summed E-state index contributed by atoms with van der Waals surface area (Å²) in [6.45, 7) is 0. The molecule has 3 nitrogen and oxygen atoms in total. The molecule has 3 heteroatoms. The van der Waals surface area contributed by atoms with Gasteiger partial charge in [0.2, 0.25) is 0 Å². The number of hydrogen-bond donors (Lipinski definition) is 0. The summed E-state index contributed by atoms with van der Waals surface area (Å²) in [7, 11) is 3.39. The van der Waals surface area contributed by atoms with Gasteiger partial charge in [-0.2, -0.15) is 0 Å². The van der Waals surface area contributed by atoms with E-state index >= 15 is 0 Å². The topological polar surface area (TPSA) is 31.4 Å². The first-order valence-corrected chi connectivity index (χ1v) is 6.81. The van der Waals surface area contributed by atoms with Crippen LogP contribution >= 0.6 is 0 Å². The summed E-state index contributed by atoms with van der Waals surface area (Å²) >= 11 is 0. The lowest BCUT2D eigenvalue weighted by Gasteiger charge is -2.24. The second kappa shape index (κ2) is 5.27. The van der Waals surface area contributed by atoms with Crippen molar-refractivity contribution < 1.29 is 9.47 Å².